The predicted octanol–water partition coefficient (Wildman–Crippen LogP) is 0.324. The Kier molecular flexibility index (Phi) is 5.79. The van der Waals surface area contributed by atoms with Crippen LogP contribution in [0.2, 0.25) is 0 Å². The molecule has 126 valence electrons. The fourth-order valence-electron chi connectivity index (χ4n) is 2.86. The van der Waals surface area contributed by atoms with Gasteiger partial charge in [0, 0.05) is 51.7 Å². The molecule has 23 heavy (non-hydrogen) atoms. The van der Waals surface area contributed by atoms with Crippen LogP contribution in [0, 0.1) is 0 Å². The minimum absolute atomic E-state index is 0.00856. The van der Waals surface area contributed by atoms with E-state index in [0.717, 1.165) is 38.3 Å². The van der Waals surface area contributed by atoms with Gasteiger partial charge in [0.25, 0.3) is 0 Å². The number of hydrogen-bond acceptors (Lipinski definition) is 5. The van der Waals surface area contributed by atoms with E-state index in [9.17, 15) is 4.79 Å². The maximum Gasteiger partial charge on any atom is 0.317 e. The van der Waals surface area contributed by atoms with Gasteiger partial charge in [-0.25, -0.2) is 4.79 Å². The smallest absolute Gasteiger partial charge is 0.317 e. The summed E-state index contributed by atoms with van der Waals surface area (Å²) in [4.78, 5) is 20.4. The molecule has 3 rings (SSSR count). The van der Waals surface area contributed by atoms with E-state index in [4.69, 9.17) is 9.47 Å². The highest BCUT2D eigenvalue weighted by atomic mass is 16.6. The molecule has 0 bridgehead atoms. The average Bonchev–Trinajstić information content (AvgIpc) is 2.62. The number of ether oxygens (including phenoxy) is 2. The highest BCUT2D eigenvalue weighted by Crippen LogP contribution is 2.08. The minimum Gasteiger partial charge on any atom is -0.376 e. The van der Waals surface area contributed by atoms with Crippen LogP contribution in [0.1, 0.15) is 5.56 Å². The first kappa shape index (κ1) is 16.2. The van der Waals surface area contributed by atoms with E-state index in [2.05, 4.69) is 15.2 Å². The molecule has 2 amide bonds. The van der Waals surface area contributed by atoms with Gasteiger partial charge in [0.1, 0.15) is 0 Å². The molecule has 0 saturated carbocycles. The van der Waals surface area contributed by atoms with Crippen LogP contribution in [0.15, 0.2) is 24.5 Å². The highest BCUT2D eigenvalue weighted by molar-refractivity contribution is 5.74. The molecule has 2 aliphatic heterocycles. The standard InChI is InChI=1S/C16H24N4O3/c21-16(18-11-14-2-1-3-17-10-14)20-6-4-19(5-7-20)12-15-13-22-8-9-23-15/h1-3,10,15H,4-9,11-13H2,(H,18,21)/t15-/m1/s1. The Morgan fingerprint density at radius 1 is 1.30 bits per heavy atom. The number of amides is 2. The van der Waals surface area contributed by atoms with Gasteiger partial charge in [0.2, 0.25) is 0 Å². The minimum atomic E-state index is -0.00856. The second-order valence-corrected chi connectivity index (χ2v) is 5.88. The third-order valence-electron chi connectivity index (χ3n) is 4.17. The molecule has 7 heteroatoms. The SMILES string of the molecule is O=C(NCc1cccnc1)N1CCN(C[C@@H]2COCCO2)CC1. The Bertz CT molecular complexity index is 485. The van der Waals surface area contributed by atoms with Crippen LogP contribution in [-0.2, 0) is 16.0 Å². The molecule has 0 aliphatic carbocycles. The summed E-state index contributed by atoms with van der Waals surface area (Å²) in [5.41, 5.74) is 1.01. The van der Waals surface area contributed by atoms with Crippen LogP contribution in [0.4, 0.5) is 4.79 Å². The quantitative estimate of drug-likeness (QED) is 0.866. The summed E-state index contributed by atoms with van der Waals surface area (Å²) in [6.07, 6.45) is 3.66. The Labute approximate surface area is 136 Å². The number of pyridine rings is 1. The molecule has 1 N–H and O–H groups in total. The lowest BCUT2D eigenvalue weighted by Gasteiger charge is -2.37. The topological polar surface area (TPSA) is 66.9 Å². The second kappa shape index (κ2) is 8.24. The first-order valence-corrected chi connectivity index (χ1v) is 8.14. The molecule has 2 saturated heterocycles. The lowest BCUT2D eigenvalue weighted by atomic mass is 10.2. The molecule has 0 radical (unpaired) electrons. The lowest BCUT2D eigenvalue weighted by Crippen LogP contribution is -2.53. The van der Waals surface area contributed by atoms with Crippen LogP contribution in [-0.4, -0.2) is 79.5 Å². The summed E-state index contributed by atoms with van der Waals surface area (Å²) in [5, 5.41) is 2.95. The molecule has 0 spiro atoms. The molecule has 2 aliphatic rings. The number of urea groups is 1. The van der Waals surface area contributed by atoms with Crippen molar-refractivity contribution in [1.29, 1.82) is 0 Å². The van der Waals surface area contributed by atoms with Crippen molar-refractivity contribution in [3.63, 3.8) is 0 Å². The van der Waals surface area contributed by atoms with Crippen molar-refractivity contribution in [2.45, 2.75) is 12.6 Å². The average molecular weight is 320 g/mol. The largest absolute Gasteiger partial charge is 0.376 e. The zero-order valence-electron chi connectivity index (χ0n) is 13.3. The monoisotopic (exact) mass is 320 g/mol. The first-order valence-electron chi connectivity index (χ1n) is 8.14. The molecule has 1 atom stereocenters. The third kappa shape index (κ3) is 4.89. The molecule has 7 nitrogen and oxygen atoms in total. The summed E-state index contributed by atoms with van der Waals surface area (Å²) in [6, 6.07) is 3.82. The molecule has 1 aromatic heterocycles. The van der Waals surface area contributed by atoms with Gasteiger partial charge in [0.15, 0.2) is 0 Å². The summed E-state index contributed by atoms with van der Waals surface area (Å²) in [6.45, 7) is 6.68. The van der Waals surface area contributed by atoms with Crippen LogP contribution >= 0.6 is 0 Å². The Morgan fingerprint density at radius 2 is 2.17 bits per heavy atom. The van der Waals surface area contributed by atoms with Crippen molar-refractivity contribution in [3.05, 3.63) is 30.1 Å². The van der Waals surface area contributed by atoms with Crippen molar-refractivity contribution in [3.8, 4) is 0 Å². The molecular weight excluding hydrogens is 296 g/mol. The number of nitrogens with one attached hydrogen (secondary N) is 1. The second-order valence-electron chi connectivity index (χ2n) is 5.88. The number of hydrogen-bond donors (Lipinski definition) is 1. The third-order valence-corrected chi connectivity index (χ3v) is 4.17. The zero-order valence-corrected chi connectivity index (χ0v) is 13.3. The van der Waals surface area contributed by atoms with E-state index in [1.165, 1.54) is 0 Å². The predicted molar refractivity (Wildman–Crippen MR) is 85.0 cm³/mol. The number of rotatable bonds is 4. The zero-order chi connectivity index (χ0) is 15.9. The Balaban J connectivity index is 1.37. The summed E-state index contributed by atoms with van der Waals surface area (Å²) in [5.74, 6) is 0. The maximum absolute atomic E-state index is 12.2. The van der Waals surface area contributed by atoms with E-state index in [1.54, 1.807) is 12.4 Å². The van der Waals surface area contributed by atoms with Crippen LogP contribution in [0.3, 0.4) is 0 Å². The number of aromatic nitrogens is 1. The summed E-state index contributed by atoms with van der Waals surface area (Å²) in [7, 11) is 0. The Morgan fingerprint density at radius 3 is 2.87 bits per heavy atom. The summed E-state index contributed by atoms with van der Waals surface area (Å²) >= 11 is 0. The summed E-state index contributed by atoms with van der Waals surface area (Å²) < 4.78 is 11.1. The molecule has 0 unspecified atom stereocenters. The van der Waals surface area contributed by atoms with Crippen molar-refractivity contribution in [1.82, 2.24) is 20.1 Å². The van der Waals surface area contributed by atoms with Crippen LogP contribution in [0.25, 0.3) is 0 Å². The van der Waals surface area contributed by atoms with Crippen molar-refractivity contribution in [2.75, 3.05) is 52.5 Å². The van der Waals surface area contributed by atoms with E-state index in [-0.39, 0.29) is 12.1 Å². The molecule has 2 fully saturated rings. The fraction of sp³-hybridized carbons (Fsp3) is 0.625. The van der Waals surface area contributed by atoms with E-state index < -0.39 is 0 Å². The highest BCUT2D eigenvalue weighted by Gasteiger charge is 2.24. The fourth-order valence-corrected chi connectivity index (χ4v) is 2.86. The lowest BCUT2D eigenvalue weighted by molar-refractivity contribution is -0.0993. The van der Waals surface area contributed by atoms with Gasteiger partial charge in [-0.2, -0.15) is 0 Å². The van der Waals surface area contributed by atoms with Crippen molar-refractivity contribution >= 4 is 6.03 Å². The number of piperazine rings is 1. The number of carbonyl (C=O) groups is 1. The van der Waals surface area contributed by atoms with Gasteiger partial charge in [-0.3, -0.25) is 9.88 Å². The van der Waals surface area contributed by atoms with Crippen molar-refractivity contribution < 1.29 is 14.3 Å². The number of nitrogens with zero attached hydrogens (tertiary/aromatic N) is 3. The van der Waals surface area contributed by atoms with Gasteiger partial charge in [-0.1, -0.05) is 6.07 Å². The van der Waals surface area contributed by atoms with E-state index >= 15 is 0 Å². The van der Waals surface area contributed by atoms with E-state index in [1.807, 2.05) is 17.0 Å². The van der Waals surface area contributed by atoms with Gasteiger partial charge in [-0.15, -0.1) is 0 Å². The van der Waals surface area contributed by atoms with Crippen LogP contribution < -0.4 is 5.32 Å². The van der Waals surface area contributed by atoms with Gasteiger partial charge in [-0.05, 0) is 11.6 Å². The Hall–Kier alpha value is -1.70. The van der Waals surface area contributed by atoms with Crippen LogP contribution in [0.5, 0.6) is 0 Å². The van der Waals surface area contributed by atoms with Crippen molar-refractivity contribution in [2.24, 2.45) is 0 Å². The van der Waals surface area contributed by atoms with Gasteiger partial charge in [0.05, 0.1) is 25.9 Å². The van der Waals surface area contributed by atoms with Gasteiger partial charge < -0.3 is 19.7 Å². The van der Waals surface area contributed by atoms with E-state index in [0.29, 0.717) is 26.4 Å². The molecular formula is C16H24N4O3. The number of carbonyl (C=O) groups excluding carboxylic acids is 1. The molecule has 3 heterocycles. The van der Waals surface area contributed by atoms with Gasteiger partial charge >= 0.3 is 6.03 Å². The molecule has 0 aromatic carbocycles. The molecule has 1 aromatic rings. The maximum atomic E-state index is 12.2. The first-order chi connectivity index (χ1) is 11.3. The normalized spacial score (nSPS) is 22.8.